The Morgan fingerprint density at radius 1 is 1.32 bits per heavy atom. The van der Waals surface area contributed by atoms with Crippen molar-refractivity contribution in [3.8, 4) is 0 Å². The van der Waals surface area contributed by atoms with Gasteiger partial charge < -0.3 is 16.0 Å². The van der Waals surface area contributed by atoms with E-state index in [-0.39, 0.29) is 5.91 Å². The highest BCUT2D eigenvalue weighted by Crippen LogP contribution is 2.26. The molecule has 102 valence electrons. The summed E-state index contributed by atoms with van der Waals surface area (Å²) in [4.78, 5) is 24.7. The van der Waals surface area contributed by atoms with Gasteiger partial charge in [-0.2, -0.15) is 0 Å². The van der Waals surface area contributed by atoms with Crippen molar-refractivity contribution in [3.05, 3.63) is 28.2 Å². The summed E-state index contributed by atoms with van der Waals surface area (Å²) in [6, 6.07) is 3.71. The van der Waals surface area contributed by atoms with Crippen LogP contribution in [0.3, 0.4) is 0 Å². The van der Waals surface area contributed by atoms with Gasteiger partial charge in [0.2, 0.25) is 5.91 Å². The van der Waals surface area contributed by atoms with E-state index >= 15 is 0 Å². The lowest BCUT2D eigenvalue weighted by molar-refractivity contribution is -0.119. The number of urea groups is 1. The maximum Gasteiger partial charge on any atom is 0.315 e. The molecular weight excluding hydrogens is 289 g/mol. The Bertz CT molecular complexity index is 522. The van der Waals surface area contributed by atoms with Crippen LogP contribution in [0.15, 0.2) is 18.2 Å². The van der Waals surface area contributed by atoms with Gasteiger partial charge in [0.1, 0.15) is 6.04 Å². The molecule has 1 aromatic rings. The second kappa shape index (κ2) is 5.67. The summed E-state index contributed by atoms with van der Waals surface area (Å²) in [5.41, 5.74) is 5.77. The number of halogens is 2. The Hall–Kier alpha value is -1.46. The molecule has 0 unspecified atom stereocenters. The maximum atomic E-state index is 12.1. The topological polar surface area (TPSA) is 75.4 Å². The van der Waals surface area contributed by atoms with Crippen LogP contribution >= 0.6 is 23.2 Å². The first-order valence-corrected chi connectivity index (χ1v) is 6.56. The minimum Gasteiger partial charge on any atom is -0.351 e. The first kappa shape index (κ1) is 14.0. The fraction of sp³-hybridized carbons (Fsp3) is 0.333. The van der Waals surface area contributed by atoms with Gasteiger partial charge in [-0.3, -0.25) is 4.79 Å². The number of nitrogens with zero attached hydrogens (tertiary/aromatic N) is 1. The molecule has 0 radical (unpaired) electrons. The van der Waals surface area contributed by atoms with Gasteiger partial charge in [0.25, 0.3) is 0 Å². The third-order valence-corrected chi connectivity index (χ3v) is 3.76. The molecular formula is C12H13Cl2N3O2. The van der Waals surface area contributed by atoms with Gasteiger partial charge in [0.05, 0.1) is 10.0 Å². The van der Waals surface area contributed by atoms with E-state index in [1.165, 1.54) is 4.90 Å². The molecule has 0 aromatic heterocycles. The number of amides is 3. The first-order valence-electron chi connectivity index (χ1n) is 5.81. The molecule has 0 aliphatic carbocycles. The molecule has 1 aliphatic rings. The van der Waals surface area contributed by atoms with Crippen LogP contribution in [0.1, 0.15) is 12.8 Å². The van der Waals surface area contributed by atoms with E-state index in [1.54, 1.807) is 18.2 Å². The molecule has 1 fully saturated rings. The zero-order chi connectivity index (χ0) is 14.0. The highest BCUT2D eigenvalue weighted by Gasteiger charge is 2.32. The summed E-state index contributed by atoms with van der Waals surface area (Å²) in [6.07, 6.45) is 1.37. The first-order chi connectivity index (χ1) is 8.99. The van der Waals surface area contributed by atoms with Crippen LogP contribution in [0.4, 0.5) is 10.5 Å². The number of anilines is 1. The van der Waals surface area contributed by atoms with Crippen molar-refractivity contribution in [2.75, 3.05) is 11.9 Å². The van der Waals surface area contributed by atoms with Crippen molar-refractivity contribution in [2.24, 2.45) is 5.73 Å². The average molecular weight is 302 g/mol. The van der Waals surface area contributed by atoms with E-state index in [2.05, 4.69) is 5.32 Å². The lowest BCUT2D eigenvalue weighted by Crippen LogP contribution is -2.45. The molecule has 1 aliphatic heterocycles. The quantitative estimate of drug-likeness (QED) is 0.880. The van der Waals surface area contributed by atoms with Gasteiger partial charge >= 0.3 is 6.03 Å². The predicted octanol–water partition coefficient (Wildman–Crippen LogP) is 2.47. The summed E-state index contributed by atoms with van der Waals surface area (Å²) in [6.45, 7) is 0.509. The number of primary amides is 1. The van der Waals surface area contributed by atoms with Crippen LogP contribution < -0.4 is 11.1 Å². The summed E-state index contributed by atoms with van der Waals surface area (Å²) in [5, 5.41) is 3.48. The van der Waals surface area contributed by atoms with Crippen LogP contribution in [0.25, 0.3) is 0 Å². The number of nitrogens with two attached hydrogens (primary N) is 1. The molecule has 19 heavy (non-hydrogen) atoms. The van der Waals surface area contributed by atoms with E-state index in [0.717, 1.165) is 6.42 Å². The minimum absolute atomic E-state index is 0.269. The second-order valence-electron chi connectivity index (χ2n) is 4.31. The molecule has 1 aromatic carbocycles. The summed E-state index contributed by atoms with van der Waals surface area (Å²) in [5.74, 6) is -0.269. The minimum atomic E-state index is -0.577. The van der Waals surface area contributed by atoms with E-state index in [0.29, 0.717) is 28.7 Å². The van der Waals surface area contributed by atoms with Gasteiger partial charge in [-0.25, -0.2) is 4.79 Å². The van der Waals surface area contributed by atoms with Gasteiger partial charge in [0, 0.05) is 12.2 Å². The maximum absolute atomic E-state index is 12.1. The van der Waals surface area contributed by atoms with E-state index < -0.39 is 12.1 Å². The molecule has 7 heteroatoms. The number of rotatable bonds is 2. The molecule has 1 heterocycles. The van der Waals surface area contributed by atoms with Crippen molar-refractivity contribution < 1.29 is 9.59 Å². The highest BCUT2D eigenvalue weighted by atomic mass is 35.5. The van der Waals surface area contributed by atoms with Gasteiger partial charge in [-0.15, -0.1) is 0 Å². The van der Waals surface area contributed by atoms with Crippen LogP contribution in [-0.4, -0.2) is 29.4 Å². The molecule has 3 N–H and O–H groups in total. The van der Waals surface area contributed by atoms with E-state index in [1.807, 2.05) is 0 Å². The Kier molecular flexibility index (Phi) is 4.17. The summed E-state index contributed by atoms with van der Waals surface area (Å²) < 4.78 is 0. The average Bonchev–Trinajstić information content (AvgIpc) is 2.83. The monoisotopic (exact) mass is 301 g/mol. The Morgan fingerprint density at radius 3 is 2.68 bits per heavy atom. The second-order valence-corrected chi connectivity index (χ2v) is 5.12. The molecule has 5 nitrogen and oxygen atoms in total. The Balaban J connectivity index is 2.08. The smallest absolute Gasteiger partial charge is 0.315 e. The van der Waals surface area contributed by atoms with Crippen molar-refractivity contribution >= 4 is 40.8 Å². The molecule has 0 bridgehead atoms. The van der Waals surface area contributed by atoms with Gasteiger partial charge in [-0.05, 0) is 31.0 Å². The number of benzene rings is 1. The normalized spacial score (nSPS) is 18.4. The Labute approximate surface area is 120 Å². The van der Waals surface area contributed by atoms with Crippen LogP contribution in [0.5, 0.6) is 0 Å². The van der Waals surface area contributed by atoms with Crippen molar-refractivity contribution in [2.45, 2.75) is 18.9 Å². The lowest BCUT2D eigenvalue weighted by Gasteiger charge is -2.21. The van der Waals surface area contributed by atoms with Gasteiger partial charge in [0.15, 0.2) is 0 Å². The fourth-order valence-electron chi connectivity index (χ4n) is 2.10. The highest BCUT2D eigenvalue weighted by molar-refractivity contribution is 6.42. The third kappa shape index (κ3) is 3.11. The molecule has 0 saturated carbocycles. The number of hydrogen-bond acceptors (Lipinski definition) is 2. The van der Waals surface area contributed by atoms with Crippen LogP contribution in [0.2, 0.25) is 10.0 Å². The standard InChI is InChI=1S/C12H13Cl2N3O2/c13-8-4-3-7(6-9(8)14)16-11(18)10-2-1-5-17(10)12(15)19/h3-4,6,10H,1-2,5H2,(H2,15,19)(H,16,18)/t10-/m0/s1. The number of nitrogens with one attached hydrogen (secondary N) is 1. The number of likely N-dealkylation sites (tertiary alicyclic amines) is 1. The SMILES string of the molecule is NC(=O)N1CCC[C@H]1C(=O)Nc1ccc(Cl)c(Cl)c1. The summed E-state index contributed by atoms with van der Waals surface area (Å²) in [7, 11) is 0. The molecule has 2 rings (SSSR count). The predicted molar refractivity (Wildman–Crippen MR) is 74.4 cm³/mol. The fourth-order valence-corrected chi connectivity index (χ4v) is 2.40. The zero-order valence-electron chi connectivity index (χ0n) is 10.0. The largest absolute Gasteiger partial charge is 0.351 e. The number of carbonyl (C=O) groups excluding carboxylic acids is 2. The molecule has 0 spiro atoms. The molecule has 1 saturated heterocycles. The molecule has 1 atom stereocenters. The molecule has 3 amide bonds. The number of hydrogen-bond donors (Lipinski definition) is 2. The van der Waals surface area contributed by atoms with Gasteiger partial charge in [-0.1, -0.05) is 23.2 Å². The van der Waals surface area contributed by atoms with Crippen LogP contribution in [0, 0.1) is 0 Å². The van der Waals surface area contributed by atoms with Crippen molar-refractivity contribution in [1.82, 2.24) is 4.90 Å². The van der Waals surface area contributed by atoms with E-state index in [4.69, 9.17) is 28.9 Å². The Morgan fingerprint density at radius 2 is 2.05 bits per heavy atom. The summed E-state index contributed by atoms with van der Waals surface area (Å²) >= 11 is 11.7. The zero-order valence-corrected chi connectivity index (χ0v) is 11.5. The van der Waals surface area contributed by atoms with Crippen molar-refractivity contribution in [1.29, 1.82) is 0 Å². The lowest BCUT2D eigenvalue weighted by atomic mass is 10.2. The van der Waals surface area contributed by atoms with Crippen molar-refractivity contribution in [3.63, 3.8) is 0 Å². The third-order valence-electron chi connectivity index (χ3n) is 3.03. The number of carbonyl (C=O) groups is 2. The van der Waals surface area contributed by atoms with E-state index in [9.17, 15) is 9.59 Å². The van der Waals surface area contributed by atoms with Crippen LogP contribution in [-0.2, 0) is 4.79 Å².